The van der Waals surface area contributed by atoms with Gasteiger partial charge in [0.05, 0.1) is 32.3 Å². The van der Waals surface area contributed by atoms with Gasteiger partial charge in [-0.05, 0) is 36.3 Å². The SMILES string of the molecule is CC(C)(C)[C@@H]1NC(=O)OCCC/C=C/CCOc2cccc3c2CN(C3)C(=O)O[C@@H]2CC(C(O)O)N(C2)C1=O. The first kappa shape index (κ1) is 28.7. The summed E-state index contributed by atoms with van der Waals surface area (Å²) in [5.41, 5.74) is 1.22. The lowest BCUT2D eigenvalue weighted by molar-refractivity contribution is -0.147. The van der Waals surface area contributed by atoms with Gasteiger partial charge in [0.15, 0.2) is 6.29 Å². The number of allylic oxidation sites excluding steroid dienone is 1. The Balaban J connectivity index is 1.55. The van der Waals surface area contributed by atoms with Crippen LogP contribution in [-0.4, -0.2) is 82.3 Å². The summed E-state index contributed by atoms with van der Waals surface area (Å²) >= 11 is 0. The van der Waals surface area contributed by atoms with E-state index in [-0.39, 0.29) is 19.6 Å². The smallest absolute Gasteiger partial charge is 0.410 e. The minimum absolute atomic E-state index is 0.0301. The normalized spacial score (nSPS) is 26.2. The van der Waals surface area contributed by atoms with E-state index in [4.69, 9.17) is 14.2 Å². The molecule has 3 aliphatic heterocycles. The molecule has 4 rings (SSSR count). The van der Waals surface area contributed by atoms with Gasteiger partial charge in [-0.2, -0.15) is 0 Å². The van der Waals surface area contributed by atoms with Gasteiger partial charge in [-0.25, -0.2) is 9.59 Å². The van der Waals surface area contributed by atoms with Crippen molar-refractivity contribution < 1.29 is 38.8 Å². The number of amides is 3. The van der Waals surface area contributed by atoms with Crippen LogP contribution in [-0.2, 0) is 27.4 Å². The number of aliphatic hydroxyl groups excluding tert-OH is 1. The fourth-order valence-corrected chi connectivity index (χ4v) is 5.13. The molecule has 11 heteroatoms. The summed E-state index contributed by atoms with van der Waals surface area (Å²) in [7, 11) is 0. The molecule has 0 saturated carbocycles. The minimum Gasteiger partial charge on any atom is -0.493 e. The number of carbonyl (C=O) groups is 3. The zero-order valence-electron chi connectivity index (χ0n) is 22.8. The Labute approximate surface area is 228 Å². The number of hydrogen-bond acceptors (Lipinski definition) is 8. The minimum atomic E-state index is -1.84. The fraction of sp³-hybridized carbons (Fsp3) is 0.607. The maximum absolute atomic E-state index is 13.6. The van der Waals surface area contributed by atoms with Crippen molar-refractivity contribution in [1.29, 1.82) is 0 Å². The van der Waals surface area contributed by atoms with Crippen LogP contribution in [0.3, 0.4) is 0 Å². The Hall–Kier alpha value is -3.31. The average Bonchev–Trinajstić information content (AvgIpc) is 3.50. The molecular formula is C28H39N3O8. The van der Waals surface area contributed by atoms with Crippen LogP contribution in [0.2, 0.25) is 0 Å². The molecule has 4 bridgehead atoms. The van der Waals surface area contributed by atoms with Crippen molar-refractivity contribution in [1.82, 2.24) is 15.1 Å². The van der Waals surface area contributed by atoms with E-state index in [1.807, 2.05) is 30.4 Å². The monoisotopic (exact) mass is 545 g/mol. The number of nitrogens with one attached hydrogen (secondary N) is 1. The average molecular weight is 546 g/mol. The van der Waals surface area contributed by atoms with Crippen LogP contribution < -0.4 is 10.1 Å². The van der Waals surface area contributed by atoms with Crippen LogP contribution in [0.5, 0.6) is 5.75 Å². The highest BCUT2D eigenvalue weighted by Gasteiger charge is 2.46. The molecule has 1 fully saturated rings. The Morgan fingerprint density at radius 1 is 1.03 bits per heavy atom. The van der Waals surface area contributed by atoms with Gasteiger partial charge in [0.1, 0.15) is 17.9 Å². The van der Waals surface area contributed by atoms with E-state index in [1.165, 1.54) is 4.90 Å². The molecule has 214 valence electrons. The van der Waals surface area contributed by atoms with Crippen LogP contribution >= 0.6 is 0 Å². The van der Waals surface area contributed by atoms with E-state index in [0.29, 0.717) is 32.5 Å². The number of rotatable bonds is 1. The lowest BCUT2D eigenvalue weighted by atomic mass is 9.85. The van der Waals surface area contributed by atoms with E-state index >= 15 is 0 Å². The zero-order chi connectivity index (χ0) is 28.2. The Morgan fingerprint density at radius 2 is 1.79 bits per heavy atom. The maximum atomic E-state index is 13.6. The number of cyclic esters (lactones) is 1. The second kappa shape index (κ2) is 12.3. The topological polar surface area (TPSA) is 138 Å². The predicted molar refractivity (Wildman–Crippen MR) is 141 cm³/mol. The van der Waals surface area contributed by atoms with Gasteiger partial charge < -0.3 is 34.6 Å². The van der Waals surface area contributed by atoms with E-state index in [2.05, 4.69) is 5.32 Å². The molecule has 1 aromatic rings. The highest BCUT2D eigenvalue weighted by Crippen LogP contribution is 2.33. The molecule has 0 aliphatic carbocycles. The van der Waals surface area contributed by atoms with E-state index < -0.39 is 48.0 Å². The molecule has 3 atom stereocenters. The van der Waals surface area contributed by atoms with Crippen LogP contribution in [0, 0.1) is 5.41 Å². The molecule has 39 heavy (non-hydrogen) atoms. The van der Waals surface area contributed by atoms with Crippen molar-refractivity contribution in [3.63, 3.8) is 0 Å². The first-order chi connectivity index (χ1) is 18.5. The van der Waals surface area contributed by atoms with Crippen molar-refractivity contribution in [3.05, 3.63) is 41.5 Å². The maximum Gasteiger partial charge on any atom is 0.410 e. The number of hydrogen-bond donors (Lipinski definition) is 3. The first-order valence-corrected chi connectivity index (χ1v) is 13.5. The third-order valence-corrected chi connectivity index (χ3v) is 7.23. The van der Waals surface area contributed by atoms with Gasteiger partial charge in [-0.1, -0.05) is 45.1 Å². The van der Waals surface area contributed by atoms with Gasteiger partial charge in [0.2, 0.25) is 5.91 Å². The van der Waals surface area contributed by atoms with Gasteiger partial charge in [-0.15, -0.1) is 0 Å². The van der Waals surface area contributed by atoms with Gasteiger partial charge in [-0.3, -0.25) is 9.69 Å². The second-order valence-corrected chi connectivity index (χ2v) is 11.3. The molecule has 1 saturated heterocycles. The molecule has 0 aromatic heterocycles. The number of ether oxygens (including phenoxy) is 3. The summed E-state index contributed by atoms with van der Waals surface area (Å²) in [6, 6.07) is 3.74. The Kier molecular flexibility index (Phi) is 9.01. The molecule has 3 N–H and O–H groups in total. The Morgan fingerprint density at radius 3 is 2.54 bits per heavy atom. The van der Waals surface area contributed by atoms with Crippen molar-refractivity contribution in [2.45, 2.75) is 84.0 Å². The van der Waals surface area contributed by atoms with Gasteiger partial charge in [0, 0.05) is 18.5 Å². The third kappa shape index (κ3) is 7.02. The molecule has 0 radical (unpaired) electrons. The number of nitrogens with zero attached hydrogens (tertiary/aromatic N) is 2. The van der Waals surface area contributed by atoms with Crippen molar-refractivity contribution >= 4 is 18.1 Å². The van der Waals surface area contributed by atoms with E-state index in [9.17, 15) is 24.6 Å². The number of aliphatic hydroxyl groups is 2. The van der Waals surface area contributed by atoms with Crippen molar-refractivity contribution in [3.8, 4) is 5.75 Å². The summed E-state index contributed by atoms with van der Waals surface area (Å²) in [6.07, 6.45) is 2.27. The zero-order valence-corrected chi connectivity index (χ0v) is 22.8. The van der Waals surface area contributed by atoms with Crippen molar-refractivity contribution in [2.24, 2.45) is 5.41 Å². The number of carbonyl (C=O) groups excluding carboxylic acids is 3. The first-order valence-electron chi connectivity index (χ1n) is 13.5. The van der Waals surface area contributed by atoms with Crippen LogP contribution in [0.15, 0.2) is 30.4 Å². The third-order valence-electron chi connectivity index (χ3n) is 7.23. The molecule has 0 spiro atoms. The van der Waals surface area contributed by atoms with Crippen molar-refractivity contribution in [2.75, 3.05) is 19.8 Å². The molecule has 1 unspecified atom stereocenters. The quantitative estimate of drug-likeness (QED) is 0.362. The van der Waals surface area contributed by atoms with Gasteiger partial charge in [0.25, 0.3) is 0 Å². The Bertz CT molecular complexity index is 1080. The largest absolute Gasteiger partial charge is 0.493 e. The lowest BCUT2D eigenvalue weighted by Gasteiger charge is -2.35. The van der Waals surface area contributed by atoms with Gasteiger partial charge >= 0.3 is 12.2 Å². The molecular weight excluding hydrogens is 506 g/mol. The summed E-state index contributed by atoms with van der Waals surface area (Å²) in [6.45, 7) is 6.73. The molecule has 3 heterocycles. The lowest BCUT2D eigenvalue weighted by Crippen LogP contribution is -2.57. The van der Waals surface area contributed by atoms with Crippen LogP contribution in [0.25, 0.3) is 0 Å². The number of fused-ring (bicyclic) bond motifs is 3. The molecule has 1 aromatic carbocycles. The number of benzene rings is 1. The summed E-state index contributed by atoms with van der Waals surface area (Å²) < 4.78 is 17.0. The standard InChI is InChI=1S/C28H39N3O8/c1-28(2,3)23-24(32)31-16-19(14-21(31)25(33)34)39-27(36)30-15-18-10-9-11-22(20(18)17-30)37-12-7-5-4-6-8-13-38-26(35)29-23/h4-5,9-11,19,21,23,25,33-34H,6-8,12-17H2,1-3H3,(H,29,35)/b5-4+/t19-,21?,23-/m1/s1. The fourth-order valence-electron chi connectivity index (χ4n) is 5.13. The van der Waals surface area contributed by atoms with Crippen LogP contribution in [0.4, 0.5) is 9.59 Å². The molecule has 3 amide bonds. The second-order valence-electron chi connectivity index (χ2n) is 11.3. The predicted octanol–water partition coefficient (Wildman–Crippen LogP) is 2.68. The molecule has 11 nitrogen and oxygen atoms in total. The van der Waals surface area contributed by atoms with E-state index in [1.54, 1.807) is 25.7 Å². The summed E-state index contributed by atoms with van der Waals surface area (Å²) in [5.74, 6) is 0.226. The molecule has 3 aliphatic rings. The highest BCUT2D eigenvalue weighted by molar-refractivity contribution is 5.87. The highest BCUT2D eigenvalue weighted by atomic mass is 16.6. The van der Waals surface area contributed by atoms with Crippen LogP contribution in [0.1, 0.15) is 57.6 Å². The number of alkyl carbamates (subject to hydrolysis) is 1. The van der Waals surface area contributed by atoms with E-state index in [0.717, 1.165) is 23.3 Å². The summed E-state index contributed by atoms with van der Waals surface area (Å²) in [5, 5.41) is 22.8. The summed E-state index contributed by atoms with van der Waals surface area (Å²) in [4.78, 5) is 42.1.